The number of oxazole rings is 1. The van der Waals surface area contributed by atoms with Gasteiger partial charge < -0.3 is 4.42 Å². The number of aromatic amines is 1. The molecule has 0 aliphatic heterocycles. The van der Waals surface area contributed by atoms with Crippen molar-refractivity contribution in [2.45, 2.75) is 0 Å². The van der Waals surface area contributed by atoms with Gasteiger partial charge in [-0.1, -0.05) is 11.6 Å². The van der Waals surface area contributed by atoms with E-state index < -0.39 is 5.76 Å². The summed E-state index contributed by atoms with van der Waals surface area (Å²) in [6.45, 7) is 0. The summed E-state index contributed by atoms with van der Waals surface area (Å²) < 4.78 is 4.89. The summed E-state index contributed by atoms with van der Waals surface area (Å²) in [5.41, 5.74) is 1.76. The molecule has 6 nitrogen and oxygen atoms in total. The molecule has 3 aromatic rings. The molecule has 0 unspecified atom stereocenters. The number of fused-ring (bicyclic) bond motifs is 1. The molecular formula is C10H5ClN4O2. The minimum Gasteiger partial charge on any atom is -0.408 e. The van der Waals surface area contributed by atoms with Crippen LogP contribution in [-0.2, 0) is 0 Å². The second kappa shape index (κ2) is 3.67. The molecule has 0 bridgehead atoms. The van der Waals surface area contributed by atoms with Crippen LogP contribution in [0.4, 0.5) is 0 Å². The normalized spacial score (nSPS) is 10.9. The number of H-pyrrole nitrogens is 1. The minimum absolute atomic E-state index is 0.260. The van der Waals surface area contributed by atoms with Gasteiger partial charge in [0, 0.05) is 5.56 Å². The maximum Gasteiger partial charge on any atom is 0.417 e. The predicted molar refractivity (Wildman–Crippen MR) is 60.7 cm³/mol. The lowest BCUT2D eigenvalue weighted by Gasteiger charge is -1.98. The maximum atomic E-state index is 11.0. The van der Waals surface area contributed by atoms with Crippen LogP contribution in [0.2, 0.25) is 5.15 Å². The molecule has 0 radical (unpaired) electrons. The Morgan fingerprint density at radius 2 is 2.24 bits per heavy atom. The lowest BCUT2D eigenvalue weighted by Crippen LogP contribution is -1.93. The molecule has 1 N–H and O–H groups in total. The molecule has 0 spiro atoms. The highest BCUT2D eigenvalue weighted by Gasteiger charge is 2.06. The van der Waals surface area contributed by atoms with Gasteiger partial charge in [0.2, 0.25) is 0 Å². The maximum absolute atomic E-state index is 11.0. The zero-order valence-electron chi connectivity index (χ0n) is 8.35. The Morgan fingerprint density at radius 3 is 3.06 bits per heavy atom. The zero-order valence-corrected chi connectivity index (χ0v) is 9.10. The standard InChI is InChI=1S/C10H5ClN4O2/c11-8-4-12-15-9(14-8)5-1-2-7-6(3-5)13-10(16)17-7/h1-4H,(H,13,16). The van der Waals surface area contributed by atoms with Crippen molar-refractivity contribution in [1.82, 2.24) is 20.2 Å². The number of nitrogens with zero attached hydrogens (tertiary/aromatic N) is 3. The largest absolute Gasteiger partial charge is 0.417 e. The van der Waals surface area contributed by atoms with Crippen molar-refractivity contribution in [3.63, 3.8) is 0 Å². The Kier molecular flexibility index (Phi) is 2.15. The second-order valence-electron chi connectivity index (χ2n) is 3.33. The van der Waals surface area contributed by atoms with Crippen LogP contribution < -0.4 is 5.76 Å². The first-order valence-electron chi connectivity index (χ1n) is 4.71. The molecule has 7 heteroatoms. The number of rotatable bonds is 1. The molecule has 1 aromatic carbocycles. The third-order valence-electron chi connectivity index (χ3n) is 2.21. The molecule has 84 valence electrons. The van der Waals surface area contributed by atoms with Crippen LogP contribution in [0, 0.1) is 0 Å². The average Bonchev–Trinajstić information content (AvgIpc) is 2.68. The molecule has 0 aliphatic rings. The lowest BCUT2D eigenvalue weighted by molar-refractivity contribution is 0.555. The van der Waals surface area contributed by atoms with Crippen LogP contribution in [0.25, 0.3) is 22.5 Å². The predicted octanol–water partition coefficient (Wildman–Crippen LogP) is 1.63. The van der Waals surface area contributed by atoms with Crippen LogP contribution >= 0.6 is 11.6 Å². The molecule has 2 aromatic heterocycles. The van der Waals surface area contributed by atoms with Crippen LogP contribution in [0.5, 0.6) is 0 Å². The zero-order chi connectivity index (χ0) is 11.8. The van der Waals surface area contributed by atoms with Crippen LogP contribution in [0.15, 0.2) is 33.6 Å². The van der Waals surface area contributed by atoms with Crippen molar-refractivity contribution in [3.8, 4) is 11.4 Å². The van der Waals surface area contributed by atoms with E-state index >= 15 is 0 Å². The van der Waals surface area contributed by atoms with Gasteiger partial charge in [0.25, 0.3) is 0 Å². The number of nitrogens with one attached hydrogen (secondary N) is 1. The van der Waals surface area contributed by atoms with E-state index in [2.05, 4.69) is 20.2 Å². The van der Waals surface area contributed by atoms with Gasteiger partial charge in [0.15, 0.2) is 16.6 Å². The van der Waals surface area contributed by atoms with E-state index in [9.17, 15) is 4.79 Å². The van der Waals surface area contributed by atoms with E-state index in [0.29, 0.717) is 22.5 Å². The summed E-state index contributed by atoms with van der Waals surface area (Å²) in [4.78, 5) is 17.6. The van der Waals surface area contributed by atoms with Crippen LogP contribution in [-0.4, -0.2) is 20.2 Å². The van der Waals surface area contributed by atoms with Gasteiger partial charge >= 0.3 is 5.76 Å². The van der Waals surface area contributed by atoms with Gasteiger partial charge in [0.1, 0.15) is 0 Å². The third-order valence-corrected chi connectivity index (χ3v) is 2.39. The fourth-order valence-electron chi connectivity index (χ4n) is 1.50. The first-order chi connectivity index (χ1) is 8.22. The number of aromatic nitrogens is 4. The van der Waals surface area contributed by atoms with Gasteiger partial charge in [-0.15, -0.1) is 5.10 Å². The highest BCUT2D eigenvalue weighted by molar-refractivity contribution is 6.29. The fourth-order valence-corrected chi connectivity index (χ4v) is 1.62. The van der Waals surface area contributed by atoms with Crippen molar-refractivity contribution >= 4 is 22.7 Å². The Morgan fingerprint density at radius 1 is 1.35 bits per heavy atom. The Balaban J connectivity index is 2.20. The average molecular weight is 249 g/mol. The van der Waals surface area contributed by atoms with E-state index in [1.165, 1.54) is 6.20 Å². The minimum atomic E-state index is -0.498. The number of hydrogen-bond acceptors (Lipinski definition) is 5. The summed E-state index contributed by atoms with van der Waals surface area (Å²) in [5.74, 6) is -0.108. The Labute approximate surface area is 99.3 Å². The van der Waals surface area contributed by atoms with Crippen molar-refractivity contribution < 1.29 is 4.42 Å². The van der Waals surface area contributed by atoms with Crippen molar-refractivity contribution in [2.75, 3.05) is 0 Å². The Hall–Kier alpha value is -2.21. The highest BCUT2D eigenvalue weighted by Crippen LogP contribution is 2.20. The van der Waals surface area contributed by atoms with E-state index in [0.717, 1.165) is 0 Å². The molecule has 2 heterocycles. The molecule has 0 amide bonds. The molecular weight excluding hydrogens is 244 g/mol. The van der Waals surface area contributed by atoms with Gasteiger partial charge in [-0.3, -0.25) is 4.98 Å². The summed E-state index contributed by atoms with van der Waals surface area (Å²) in [6.07, 6.45) is 1.35. The third kappa shape index (κ3) is 1.78. The number of halogens is 1. The lowest BCUT2D eigenvalue weighted by atomic mass is 10.2. The van der Waals surface area contributed by atoms with Crippen molar-refractivity contribution in [1.29, 1.82) is 0 Å². The number of benzene rings is 1. The summed E-state index contributed by atoms with van der Waals surface area (Å²) in [5, 5.41) is 7.82. The molecule has 0 saturated carbocycles. The molecule has 0 aliphatic carbocycles. The van der Waals surface area contributed by atoms with Crippen LogP contribution in [0.3, 0.4) is 0 Å². The molecule has 17 heavy (non-hydrogen) atoms. The smallest absolute Gasteiger partial charge is 0.408 e. The van der Waals surface area contributed by atoms with E-state index in [4.69, 9.17) is 16.0 Å². The molecule has 0 saturated heterocycles. The molecule has 0 atom stereocenters. The van der Waals surface area contributed by atoms with Crippen molar-refractivity contribution in [2.24, 2.45) is 0 Å². The Bertz CT molecular complexity index is 749. The monoisotopic (exact) mass is 248 g/mol. The SMILES string of the molecule is O=c1[nH]c2cc(-c3nncc(Cl)n3)ccc2o1. The topological polar surface area (TPSA) is 84.7 Å². The van der Waals surface area contributed by atoms with E-state index in [1.54, 1.807) is 18.2 Å². The van der Waals surface area contributed by atoms with Gasteiger partial charge in [0.05, 0.1) is 11.7 Å². The first kappa shape index (κ1) is 9.98. The summed E-state index contributed by atoms with van der Waals surface area (Å²) in [6, 6.07) is 5.09. The quantitative estimate of drug-likeness (QED) is 0.707. The first-order valence-corrected chi connectivity index (χ1v) is 5.09. The summed E-state index contributed by atoms with van der Waals surface area (Å²) >= 11 is 5.73. The highest BCUT2D eigenvalue weighted by atomic mass is 35.5. The van der Waals surface area contributed by atoms with Crippen molar-refractivity contribution in [3.05, 3.63) is 40.1 Å². The van der Waals surface area contributed by atoms with Gasteiger partial charge in [-0.25, -0.2) is 9.78 Å². The van der Waals surface area contributed by atoms with Gasteiger partial charge in [-0.2, -0.15) is 5.10 Å². The fraction of sp³-hybridized carbons (Fsp3) is 0. The second-order valence-corrected chi connectivity index (χ2v) is 3.72. The molecule has 0 fully saturated rings. The molecule has 3 rings (SSSR count). The van der Waals surface area contributed by atoms with Crippen LogP contribution in [0.1, 0.15) is 0 Å². The van der Waals surface area contributed by atoms with Gasteiger partial charge in [-0.05, 0) is 18.2 Å². The summed E-state index contributed by atoms with van der Waals surface area (Å²) in [7, 11) is 0. The number of hydrogen-bond donors (Lipinski definition) is 1. The van der Waals surface area contributed by atoms with E-state index in [-0.39, 0.29) is 5.15 Å². The van der Waals surface area contributed by atoms with E-state index in [1.807, 2.05) is 0 Å².